The SMILES string of the molecule is CN1Cc2ccccc2N(C(=O)c2ccc(NC(=O)c3ccccc3-c3ccccc3)cc2Cl)C[C@H]1COC1CCCC1.O=C(O)C(F)(F)F. The Hall–Kier alpha value is -4.71. The number of fused-ring (bicyclic) bond motifs is 1. The van der Waals surface area contributed by atoms with E-state index in [2.05, 4.69) is 23.3 Å². The Morgan fingerprint density at radius 2 is 1.54 bits per heavy atom. The van der Waals surface area contributed by atoms with Gasteiger partial charge in [-0.15, -0.1) is 0 Å². The third kappa shape index (κ3) is 9.09. The first-order valence-electron chi connectivity index (χ1n) is 16.2. The number of amides is 2. The zero-order valence-corrected chi connectivity index (χ0v) is 28.1. The van der Waals surface area contributed by atoms with Crippen molar-refractivity contribution in [1.82, 2.24) is 4.90 Å². The smallest absolute Gasteiger partial charge is 0.475 e. The van der Waals surface area contributed by atoms with E-state index < -0.39 is 12.1 Å². The molecule has 12 heteroatoms. The van der Waals surface area contributed by atoms with Crippen molar-refractivity contribution < 1.29 is 37.4 Å². The van der Waals surface area contributed by atoms with Crippen LogP contribution in [0.15, 0.2) is 97.1 Å². The summed E-state index contributed by atoms with van der Waals surface area (Å²) >= 11 is 6.75. The molecule has 2 aliphatic rings. The first kappa shape index (κ1) is 36.6. The Morgan fingerprint density at radius 1 is 0.900 bits per heavy atom. The van der Waals surface area contributed by atoms with Crippen molar-refractivity contribution >= 4 is 40.8 Å². The number of nitrogens with zero attached hydrogens (tertiary/aromatic N) is 2. The van der Waals surface area contributed by atoms with Crippen LogP contribution < -0.4 is 10.2 Å². The van der Waals surface area contributed by atoms with Crippen LogP contribution in [-0.2, 0) is 16.1 Å². The minimum Gasteiger partial charge on any atom is -0.475 e. The molecule has 0 aromatic heterocycles. The van der Waals surface area contributed by atoms with E-state index in [9.17, 15) is 22.8 Å². The average Bonchev–Trinajstić information content (AvgIpc) is 3.58. The molecule has 4 aromatic carbocycles. The number of ether oxygens (including phenoxy) is 1. The van der Waals surface area contributed by atoms with E-state index in [0.717, 1.165) is 41.8 Å². The van der Waals surface area contributed by atoms with Crippen LogP contribution in [0, 0.1) is 0 Å². The van der Waals surface area contributed by atoms with E-state index in [-0.39, 0.29) is 22.9 Å². The molecule has 0 bridgehead atoms. The number of benzene rings is 4. The number of carbonyl (C=O) groups excluding carboxylic acids is 2. The maximum Gasteiger partial charge on any atom is 0.490 e. The van der Waals surface area contributed by atoms with Crippen molar-refractivity contribution in [3.8, 4) is 11.1 Å². The normalized spacial score (nSPS) is 16.5. The van der Waals surface area contributed by atoms with Gasteiger partial charge in [0.25, 0.3) is 11.8 Å². The number of halogens is 4. The second kappa shape index (κ2) is 16.3. The predicted molar refractivity (Wildman–Crippen MR) is 187 cm³/mol. The zero-order valence-electron chi connectivity index (χ0n) is 27.3. The average molecular weight is 708 g/mol. The van der Waals surface area contributed by atoms with Gasteiger partial charge in [0.05, 0.1) is 29.3 Å². The Balaban J connectivity index is 0.000000630. The van der Waals surface area contributed by atoms with Crippen LogP contribution >= 0.6 is 11.6 Å². The van der Waals surface area contributed by atoms with Crippen molar-refractivity contribution in [3.63, 3.8) is 0 Å². The molecule has 2 amide bonds. The quantitative estimate of drug-likeness (QED) is 0.201. The van der Waals surface area contributed by atoms with Gasteiger partial charge in [0.1, 0.15) is 0 Å². The second-order valence-electron chi connectivity index (χ2n) is 12.2. The summed E-state index contributed by atoms with van der Waals surface area (Å²) in [5.74, 6) is -3.18. The number of aliphatic carboxylic acids is 1. The zero-order chi connectivity index (χ0) is 35.8. The van der Waals surface area contributed by atoms with Crippen molar-refractivity contribution in [2.45, 2.75) is 50.6 Å². The van der Waals surface area contributed by atoms with E-state index in [1.54, 1.807) is 24.3 Å². The molecule has 0 saturated heterocycles. The summed E-state index contributed by atoms with van der Waals surface area (Å²) in [5, 5.41) is 10.4. The molecular weight excluding hydrogens is 671 g/mol. The van der Waals surface area contributed by atoms with E-state index in [4.69, 9.17) is 26.2 Å². The first-order chi connectivity index (χ1) is 23.9. The first-order valence-corrected chi connectivity index (χ1v) is 16.6. The maximum absolute atomic E-state index is 14.1. The van der Waals surface area contributed by atoms with Gasteiger partial charge in [0, 0.05) is 30.0 Å². The lowest BCUT2D eigenvalue weighted by atomic mass is 9.99. The van der Waals surface area contributed by atoms with Gasteiger partial charge in [-0.25, -0.2) is 4.79 Å². The molecule has 0 radical (unpaired) electrons. The Morgan fingerprint density at radius 3 is 2.22 bits per heavy atom. The number of carboxylic acid groups (broad SMARTS) is 1. The van der Waals surface area contributed by atoms with Crippen LogP contribution in [0.5, 0.6) is 0 Å². The molecule has 6 rings (SSSR count). The van der Waals surface area contributed by atoms with E-state index >= 15 is 0 Å². The highest BCUT2D eigenvalue weighted by Crippen LogP contribution is 2.32. The summed E-state index contributed by atoms with van der Waals surface area (Å²) in [6, 6.07) is 30.5. The molecule has 1 atom stereocenters. The second-order valence-corrected chi connectivity index (χ2v) is 12.6. The van der Waals surface area contributed by atoms with Crippen molar-refractivity contribution in [2.24, 2.45) is 0 Å². The minimum atomic E-state index is -5.08. The molecule has 0 unspecified atom stereocenters. The molecule has 4 aromatic rings. The van der Waals surface area contributed by atoms with Gasteiger partial charge < -0.3 is 20.1 Å². The molecule has 0 spiro atoms. The van der Waals surface area contributed by atoms with Crippen molar-refractivity contribution in [3.05, 3.63) is 119 Å². The molecule has 1 heterocycles. The topological polar surface area (TPSA) is 99.2 Å². The van der Waals surface area contributed by atoms with Crippen molar-refractivity contribution in [1.29, 1.82) is 0 Å². The van der Waals surface area contributed by atoms with Crippen LogP contribution in [-0.4, -0.2) is 66.3 Å². The number of nitrogens with one attached hydrogen (secondary N) is 1. The van der Waals surface area contributed by atoms with Gasteiger partial charge in [-0.05, 0) is 66.9 Å². The highest BCUT2D eigenvalue weighted by molar-refractivity contribution is 6.35. The highest BCUT2D eigenvalue weighted by atomic mass is 35.5. The Bertz CT molecular complexity index is 1820. The largest absolute Gasteiger partial charge is 0.490 e. The van der Waals surface area contributed by atoms with E-state index in [0.29, 0.717) is 36.1 Å². The van der Waals surface area contributed by atoms with E-state index in [1.165, 1.54) is 12.8 Å². The number of alkyl halides is 3. The number of rotatable bonds is 7. The molecular formula is C38H37ClF3N3O5. The number of hydrogen-bond acceptors (Lipinski definition) is 5. The number of carboxylic acids is 1. The molecule has 1 fully saturated rings. The summed E-state index contributed by atoms with van der Waals surface area (Å²) in [6.45, 7) is 1.79. The molecule has 50 heavy (non-hydrogen) atoms. The summed E-state index contributed by atoms with van der Waals surface area (Å²) in [6.07, 6.45) is -0.128. The maximum atomic E-state index is 14.1. The lowest BCUT2D eigenvalue weighted by Crippen LogP contribution is -2.45. The van der Waals surface area contributed by atoms with Crippen LogP contribution in [0.1, 0.15) is 52.0 Å². The molecule has 8 nitrogen and oxygen atoms in total. The summed E-state index contributed by atoms with van der Waals surface area (Å²) < 4.78 is 38.0. The van der Waals surface area contributed by atoms with Gasteiger partial charge in [-0.1, -0.05) is 91.2 Å². The van der Waals surface area contributed by atoms with Gasteiger partial charge in [-0.3, -0.25) is 14.5 Å². The van der Waals surface area contributed by atoms with Gasteiger partial charge in [0.2, 0.25) is 0 Å². The van der Waals surface area contributed by atoms with E-state index in [1.807, 2.05) is 71.6 Å². The molecule has 1 aliphatic heterocycles. The Labute approximate surface area is 293 Å². The third-order valence-corrected chi connectivity index (χ3v) is 9.06. The standard InChI is InChI=1S/C36H36ClN3O3.C2HF3O2/c1-39-22-26-13-5-10-18-34(26)40(23-28(39)24-43-29-14-6-7-15-29)36(42)32-20-19-27(21-33(32)37)38-35(41)31-17-9-8-16-30(31)25-11-3-2-4-12-25;3-2(4,5)1(6)7/h2-5,8-13,16-21,28-29H,6-7,14-15,22-24H2,1H3,(H,38,41);(H,6,7)/t28-;/m0./s1. The molecule has 1 aliphatic carbocycles. The molecule has 2 N–H and O–H groups in total. The number of carbonyl (C=O) groups is 3. The van der Waals surface area contributed by atoms with Gasteiger partial charge in [0.15, 0.2) is 0 Å². The lowest BCUT2D eigenvalue weighted by molar-refractivity contribution is -0.192. The fourth-order valence-electron chi connectivity index (χ4n) is 6.09. The number of anilines is 2. The van der Waals surface area contributed by atoms with Gasteiger partial charge in [-0.2, -0.15) is 13.2 Å². The number of para-hydroxylation sites is 1. The van der Waals surface area contributed by atoms with Crippen LogP contribution in [0.2, 0.25) is 5.02 Å². The lowest BCUT2D eigenvalue weighted by Gasteiger charge is -2.30. The van der Waals surface area contributed by atoms with Gasteiger partial charge >= 0.3 is 12.1 Å². The number of hydrogen-bond donors (Lipinski definition) is 2. The fraction of sp³-hybridized carbons (Fsp3) is 0.289. The summed E-state index contributed by atoms with van der Waals surface area (Å²) in [7, 11) is 2.09. The van der Waals surface area contributed by atoms with Crippen LogP contribution in [0.4, 0.5) is 24.5 Å². The highest BCUT2D eigenvalue weighted by Gasteiger charge is 2.38. The number of likely N-dealkylation sites (N-methyl/N-ethyl adjacent to an activating group) is 1. The van der Waals surface area contributed by atoms with Crippen LogP contribution in [0.3, 0.4) is 0 Å². The summed E-state index contributed by atoms with van der Waals surface area (Å²) in [4.78, 5) is 40.4. The predicted octanol–water partition coefficient (Wildman–Crippen LogP) is 8.31. The molecule has 262 valence electrons. The third-order valence-electron chi connectivity index (χ3n) is 8.75. The fourth-order valence-corrected chi connectivity index (χ4v) is 6.35. The monoisotopic (exact) mass is 707 g/mol. The molecule has 1 saturated carbocycles. The Kier molecular flexibility index (Phi) is 11.9. The van der Waals surface area contributed by atoms with Crippen molar-refractivity contribution in [2.75, 3.05) is 30.4 Å². The van der Waals surface area contributed by atoms with Crippen LogP contribution in [0.25, 0.3) is 11.1 Å². The minimum absolute atomic E-state index is 0.0407. The summed E-state index contributed by atoms with van der Waals surface area (Å²) in [5.41, 5.74) is 5.23.